The molecule has 11 heavy (non-hydrogen) atoms. The molecule has 0 amide bonds. The van der Waals surface area contributed by atoms with Gasteiger partial charge in [0.25, 0.3) is 0 Å². The third kappa shape index (κ3) is 1.83. The molecule has 0 aliphatic heterocycles. The molecular weight excluding hydrogens is 156 g/mol. The Bertz CT molecular complexity index is 269. The Morgan fingerprint density at radius 3 is 3.00 bits per heavy atom. The Balaban J connectivity index is 2.77. The van der Waals surface area contributed by atoms with E-state index in [0.29, 0.717) is 6.42 Å². The summed E-state index contributed by atoms with van der Waals surface area (Å²) in [7, 11) is 0. The first-order valence-electron chi connectivity index (χ1n) is 3.41. The van der Waals surface area contributed by atoms with Gasteiger partial charge in [0.05, 0.1) is 6.10 Å². The minimum atomic E-state index is -0.472. The molecule has 1 rings (SSSR count). The normalized spacial score (nSPS) is 12.5. The van der Waals surface area contributed by atoms with Crippen molar-refractivity contribution < 1.29 is 5.11 Å². The van der Waals surface area contributed by atoms with Crippen molar-refractivity contribution in [1.29, 1.82) is 0 Å². The van der Waals surface area contributed by atoms with Crippen LogP contribution < -0.4 is 0 Å². The van der Waals surface area contributed by atoms with Gasteiger partial charge >= 0.3 is 0 Å². The topological polar surface area (TPSA) is 20.2 Å². The minimum Gasteiger partial charge on any atom is -0.387 e. The summed E-state index contributed by atoms with van der Waals surface area (Å²) < 4.78 is 0. The molecule has 1 aromatic heterocycles. The van der Waals surface area contributed by atoms with Crippen molar-refractivity contribution in [2.24, 2.45) is 0 Å². The SMILES string of the molecule is C#CCC(O)c1sccc1C. The van der Waals surface area contributed by atoms with Crippen molar-refractivity contribution in [2.75, 3.05) is 0 Å². The highest BCUT2D eigenvalue weighted by atomic mass is 32.1. The molecule has 0 aliphatic rings. The maximum atomic E-state index is 9.46. The van der Waals surface area contributed by atoms with E-state index in [1.165, 1.54) is 0 Å². The zero-order valence-electron chi connectivity index (χ0n) is 6.37. The van der Waals surface area contributed by atoms with E-state index in [9.17, 15) is 5.11 Å². The Hall–Kier alpha value is -0.780. The van der Waals surface area contributed by atoms with E-state index in [4.69, 9.17) is 6.42 Å². The van der Waals surface area contributed by atoms with Gasteiger partial charge in [-0.25, -0.2) is 0 Å². The average molecular weight is 166 g/mol. The van der Waals surface area contributed by atoms with Gasteiger partial charge in [0.2, 0.25) is 0 Å². The van der Waals surface area contributed by atoms with E-state index in [1.54, 1.807) is 11.3 Å². The third-order valence-electron chi connectivity index (χ3n) is 1.52. The van der Waals surface area contributed by atoms with Crippen LogP contribution in [-0.4, -0.2) is 5.11 Å². The first-order valence-corrected chi connectivity index (χ1v) is 4.29. The maximum Gasteiger partial charge on any atom is 0.0993 e. The molecule has 1 N–H and O–H groups in total. The van der Waals surface area contributed by atoms with Crippen LogP contribution >= 0.6 is 11.3 Å². The predicted octanol–water partition coefficient (Wildman–Crippen LogP) is 2.11. The van der Waals surface area contributed by atoms with E-state index in [2.05, 4.69) is 5.92 Å². The lowest BCUT2D eigenvalue weighted by atomic mass is 10.1. The number of aryl methyl sites for hydroxylation is 1. The number of rotatable bonds is 2. The van der Waals surface area contributed by atoms with Gasteiger partial charge in [-0.3, -0.25) is 0 Å². The lowest BCUT2D eigenvalue weighted by molar-refractivity contribution is 0.187. The predicted molar refractivity (Wildman–Crippen MR) is 47.5 cm³/mol. The van der Waals surface area contributed by atoms with Gasteiger partial charge in [0.1, 0.15) is 0 Å². The fourth-order valence-corrected chi connectivity index (χ4v) is 1.84. The molecule has 0 aromatic carbocycles. The van der Waals surface area contributed by atoms with Crippen molar-refractivity contribution in [3.63, 3.8) is 0 Å². The van der Waals surface area contributed by atoms with Crippen molar-refractivity contribution in [2.45, 2.75) is 19.4 Å². The molecule has 0 radical (unpaired) electrons. The Morgan fingerprint density at radius 2 is 2.55 bits per heavy atom. The second-order valence-corrected chi connectivity index (χ2v) is 3.34. The molecule has 1 heterocycles. The molecular formula is C9H10OS. The summed E-state index contributed by atoms with van der Waals surface area (Å²) in [4.78, 5) is 0.989. The molecule has 2 heteroatoms. The summed E-state index contributed by atoms with van der Waals surface area (Å²) >= 11 is 1.55. The summed E-state index contributed by atoms with van der Waals surface area (Å²) in [5.74, 6) is 2.44. The Morgan fingerprint density at radius 1 is 1.82 bits per heavy atom. The van der Waals surface area contributed by atoms with Crippen LogP contribution in [0.2, 0.25) is 0 Å². The molecule has 0 aliphatic carbocycles. The van der Waals surface area contributed by atoms with Crippen molar-refractivity contribution in [1.82, 2.24) is 0 Å². The van der Waals surface area contributed by atoms with Gasteiger partial charge in [-0.1, -0.05) is 0 Å². The van der Waals surface area contributed by atoms with Crippen molar-refractivity contribution >= 4 is 11.3 Å². The lowest BCUT2D eigenvalue weighted by Gasteiger charge is -2.04. The molecule has 0 saturated heterocycles. The molecule has 0 saturated carbocycles. The smallest absolute Gasteiger partial charge is 0.0993 e. The van der Waals surface area contributed by atoms with Crippen LogP contribution in [0, 0.1) is 19.3 Å². The van der Waals surface area contributed by atoms with E-state index >= 15 is 0 Å². The first kappa shape index (κ1) is 8.32. The second-order valence-electron chi connectivity index (χ2n) is 2.39. The highest BCUT2D eigenvalue weighted by Crippen LogP contribution is 2.25. The van der Waals surface area contributed by atoms with Crippen LogP contribution in [0.1, 0.15) is 23.0 Å². The molecule has 1 nitrogen and oxygen atoms in total. The molecule has 1 aromatic rings. The summed E-state index contributed by atoms with van der Waals surface area (Å²) in [6, 6.07) is 1.99. The molecule has 1 unspecified atom stereocenters. The standard InChI is InChI=1S/C9H10OS/c1-3-4-8(10)9-7(2)5-6-11-9/h1,5-6,8,10H,4H2,2H3. The number of aliphatic hydroxyl groups excluding tert-OH is 1. The second kappa shape index (κ2) is 3.56. The fourth-order valence-electron chi connectivity index (χ4n) is 0.930. The third-order valence-corrected chi connectivity index (χ3v) is 2.64. The van der Waals surface area contributed by atoms with Crippen molar-refractivity contribution in [3.8, 4) is 12.3 Å². The van der Waals surface area contributed by atoms with Gasteiger partial charge in [-0.05, 0) is 23.9 Å². The van der Waals surface area contributed by atoms with E-state index in [1.807, 2.05) is 18.4 Å². The van der Waals surface area contributed by atoms with Crippen LogP contribution in [0.25, 0.3) is 0 Å². The molecule has 1 atom stereocenters. The van der Waals surface area contributed by atoms with Gasteiger partial charge in [-0.15, -0.1) is 23.7 Å². The average Bonchev–Trinajstić information content (AvgIpc) is 2.36. The van der Waals surface area contributed by atoms with Gasteiger partial charge in [-0.2, -0.15) is 0 Å². The summed E-state index contributed by atoms with van der Waals surface area (Å²) in [6.07, 6.45) is 5.01. The number of hydrogen-bond acceptors (Lipinski definition) is 2. The molecule has 0 fully saturated rings. The highest BCUT2D eigenvalue weighted by molar-refractivity contribution is 7.10. The monoisotopic (exact) mass is 166 g/mol. The number of terminal acetylenes is 1. The lowest BCUT2D eigenvalue weighted by Crippen LogP contribution is -1.93. The van der Waals surface area contributed by atoms with Crippen LogP contribution in [0.15, 0.2) is 11.4 Å². The zero-order chi connectivity index (χ0) is 8.27. The maximum absolute atomic E-state index is 9.46. The number of aliphatic hydroxyl groups is 1. The van der Waals surface area contributed by atoms with Crippen LogP contribution in [-0.2, 0) is 0 Å². The van der Waals surface area contributed by atoms with Gasteiger partial charge in [0.15, 0.2) is 0 Å². The number of hydrogen-bond donors (Lipinski definition) is 1. The number of thiophene rings is 1. The quantitative estimate of drug-likeness (QED) is 0.667. The van der Waals surface area contributed by atoms with E-state index in [0.717, 1.165) is 10.4 Å². The molecule has 0 spiro atoms. The van der Waals surface area contributed by atoms with Crippen molar-refractivity contribution in [3.05, 3.63) is 21.9 Å². The van der Waals surface area contributed by atoms with Gasteiger partial charge in [0, 0.05) is 11.3 Å². The Kier molecular flexibility index (Phi) is 2.70. The zero-order valence-corrected chi connectivity index (χ0v) is 7.19. The van der Waals surface area contributed by atoms with E-state index < -0.39 is 6.10 Å². The van der Waals surface area contributed by atoms with E-state index in [-0.39, 0.29) is 0 Å². The summed E-state index contributed by atoms with van der Waals surface area (Å²) in [5, 5.41) is 11.4. The Labute approximate surface area is 70.7 Å². The summed E-state index contributed by atoms with van der Waals surface area (Å²) in [6.45, 7) is 1.98. The van der Waals surface area contributed by atoms with Crippen LogP contribution in [0.4, 0.5) is 0 Å². The highest BCUT2D eigenvalue weighted by Gasteiger charge is 2.09. The molecule has 0 bridgehead atoms. The molecule has 58 valence electrons. The fraction of sp³-hybridized carbons (Fsp3) is 0.333. The first-order chi connectivity index (χ1) is 5.25. The largest absolute Gasteiger partial charge is 0.387 e. The minimum absolute atomic E-state index is 0.404. The van der Waals surface area contributed by atoms with Crippen LogP contribution in [0.5, 0.6) is 0 Å². The van der Waals surface area contributed by atoms with Crippen LogP contribution in [0.3, 0.4) is 0 Å². The van der Waals surface area contributed by atoms with Gasteiger partial charge < -0.3 is 5.11 Å². The summed E-state index contributed by atoms with van der Waals surface area (Å²) in [5.41, 5.74) is 1.12.